The largest absolute Gasteiger partial charge is 0.324 e. The fraction of sp³-hybridized carbons (Fsp3) is 0.636. The van der Waals surface area contributed by atoms with Crippen LogP contribution in [0.4, 0.5) is 5.69 Å². The highest BCUT2D eigenvalue weighted by Crippen LogP contribution is 2.22. The first-order valence-corrected chi connectivity index (χ1v) is 10.4. The topological polar surface area (TPSA) is 41.8 Å². The van der Waals surface area contributed by atoms with Gasteiger partial charge in [-0.15, -0.1) is 0 Å². The lowest BCUT2D eigenvalue weighted by molar-refractivity contribution is -0.915. The zero-order chi connectivity index (χ0) is 18.9. The van der Waals surface area contributed by atoms with Crippen LogP contribution in [0.15, 0.2) is 24.3 Å². The summed E-state index contributed by atoms with van der Waals surface area (Å²) in [5.74, 6) is -0.0602. The van der Waals surface area contributed by atoms with Crippen molar-refractivity contribution in [3.05, 3.63) is 29.8 Å². The number of benzene rings is 1. The molecular formula is C22H35N2O2+. The van der Waals surface area contributed by atoms with Gasteiger partial charge in [-0.25, -0.2) is 4.90 Å². The molecule has 1 saturated heterocycles. The minimum atomic E-state index is -0.206. The number of hydrogen-bond acceptors (Lipinski definition) is 2. The number of unbranched alkanes of at least 4 members (excludes halogenated alkanes) is 4. The first kappa shape index (κ1) is 20.6. The number of quaternary nitrogens is 1. The number of rotatable bonds is 11. The fourth-order valence-corrected chi connectivity index (χ4v) is 3.78. The Hall–Kier alpha value is -1.68. The molecular weight excluding hydrogens is 324 g/mol. The quantitative estimate of drug-likeness (QED) is 0.487. The van der Waals surface area contributed by atoms with Gasteiger partial charge >= 0.3 is 0 Å². The summed E-state index contributed by atoms with van der Waals surface area (Å²) in [6.07, 6.45) is 8.29. The zero-order valence-electron chi connectivity index (χ0n) is 16.7. The number of nitrogens with one attached hydrogen (secondary N) is 1. The van der Waals surface area contributed by atoms with Gasteiger partial charge in [-0.2, -0.15) is 0 Å². The molecule has 1 aromatic carbocycles. The lowest BCUT2D eigenvalue weighted by Gasteiger charge is -2.24. The van der Waals surface area contributed by atoms with Gasteiger partial charge in [0.2, 0.25) is 5.91 Å². The summed E-state index contributed by atoms with van der Waals surface area (Å²) in [7, 11) is 0. The number of anilines is 1. The van der Waals surface area contributed by atoms with E-state index in [1.807, 2.05) is 24.3 Å². The average Bonchev–Trinajstić information content (AvgIpc) is 2.95. The Morgan fingerprint density at radius 1 is 0.923 bits per heavy atom. The van der Waals surface area contributed by atoms with E-state index in [0.29, 0.717) is 6.42 Å². The van der Waals surface area contributed by atoms with Crippen molar-refractivity contribution in [2.24, 2.45) is 0 Å². The molecule has 2 rings (SSSR count). The fourth-order valence-electron chi connectivity index (χ4n) is 3.78. The second-order valence-electron chi connectivity index (χ2n) is 7.42. The molecule has 2 amide bonds. The third-order valence-electron chi connectivity index (χ3n) is 5.45. The van der Waals surface area contributed by atoms with E-state index >= 15 is 0 Å². The molecule has 0 unspecified atom stereocenters. The number of imide groups is 1. The van der Waals surface area contributed by atoms with E-state index in [4.69, 9.17) is 0 Å². The van der Waals surface area contributed by atoms with Crippen LogP contribution in [0.3, 0.4) is 0 Å². The van der Waals surface area contributed by atoms with Crippen LogP contribution in [0.25, 0.3) is 0 Å². The predicted octanol–water partition coefficient (Wildman–Crippen LogP) is 3.15. The van der Waals surface area contributed by atoms with Gasteiger partial charge in [0.05, 0.1) is 25.2 Å². The Kier molecular flexibility index (Phi) is 8.30. The van der Waals surface area contributed by atoms with Crippen LogP contribution in [0.5, 0.6) is 0 Å². The maximum atomic E-state index is 13.1. The number of aryl methyl sites for hydroxylation is 1. The van der Waals surface area contributed by atoms with Gasteiger partial charge in [0.1, 0.15) is 0 Å². The smallest absolute Gasteiger partial charge is 0.292 e. The van der Waals surface area contributed by atoms with Crippen LogP contribution >= 0.6 is 0 Å². The summed E-state index contributed by atoms with van der Waals surface area (Å²) in [6, 6.07) is 7.63. The second kappa shape index (κ2) is 10.5. The van der Waals surface area contributed by atoms with E-state index in [-0.39, 0.29) is 17.9 Å². The highest BCUT2D eigenvalue weighted by atomic mass is 16.2. The van der Waals surface area contributed by atoms with E-state index in [1.54, 1.807) is 0 Å². The van der Waals surface area contributed by atoms with Gasteiger partial charge in [0.15, 0.2) is 6.04 Å². The first-order chi connectivity index (χ1) is 12.6. The summed E-state index contributed by atoms with van der Waals surface area (Å²) >= 11 is 0. The highest BCUT2D eigenvalue weighted by Gasteiger charge is 2.45. The van der Waals surface area contributed by atoms with Gasteiger partial charge in [-0.05, 0) is 49.8 Å². The molecule has 0 aromatic heterocycles. The summed E-state index contributed by atoms with van der Waals surface area (Å²) in [5, 5.41) is 0. The number of carbonyl (C=O) groups is 2. The van der Waals surface area contributed by atoms with Gasteiger partial charge in [0.25, 0.3) is 5.91 Å². The molecule has 1 N–H and O–H groups in total. The maximum Gasteiger partial charge on any atom is 0.292 e. The average molecular weight is 360 g/mol. The van der Waals surface area contributed by atoms with Crippen molar-refractivity contribution in [1.29, 1.82) is 0 Å². The number of carbonyl (C=O) groups excluding carboxylic acids is 2. The lowest BCUT2D eigenvalue weighted by Crippen LogP contribution is -3.16. The molecule has 1 heterocycles. The normalized spacial score (nSPS) is 17.5. The van der Waals surface area contributed by atoms with Crippen molar-refractivity contribution in [3.8, 4) is 0 Å². The van der Waals surface area contributed by atoms with Crippen molar-refractivity contribution in [2.75, 3.05) is 18.0 Å². The summed E-state index contributed by atoms with van der Waals surface area (Å²) in [5.41, 5.74) is 1.94. The molecule has 0 aliphatic carbocycles. The molecule has 1 atom stereocenters. The van der Waals surface area contributed by atoms with E-state index in [1.165, 1.54) is 41.0 Å². The lowest BCUT2D eigenvalue weighted by atomic mass is 10.1. The number of amides is 2. The third-order valence-corrected chi connectivity index (χ3v) is 5.45. The molecule has 0 saturated carbocycles. The van der Waals surface area contributed by atoms with Crippen LogP contribution in [0, 0.1) is 0 Å². The minimum Gasteiger partial charge on any atom is -0.324 e. The number of nitrogens with zero attached hydrogens (tertiary/aromatic N) is 1. The van der Waals surface area contributed by atoms with Crippen molar-refractivity contribution in [2.45, 2.75) is 78.2 Å². The molecule has 1 fully saturated rings. The van der Waals surface area contributed by atoms with Crippen LogP contribution in [-0.4, -0.2) is 30.9 Å². The van der Waals surface area contributed by atoms with Gasteiger partial charge in [0, 0.05) is 0 Å². The Morgan fingerprint density at radius 3 is 2.00 bits per heavy atom. The molecule has 1 aliphatic rings. The van der Waals surface area contributed by atoms with E-state index in [9.17, 15) is 9.59 Å². The molecule has 0 bridgehead atoms. The van der Waals surface area contributed by atoms with Crippen LogP contribution in [0.2, 0.25) is 0 Å². The molecule has 4 nitrogen and oxygen atoms in total. The van der Waals surface area contributed by atoms with Crippen molar-refractivity contribution in [3.63, 3.8) is 0 Å². The predicted molar refractivity (Wildman–Crippen MR) is 106 cm³/mol. The van der Waals surface area contributed by atoms with E-state index in [0.717, 1.165) is 38.0 Å². The summed E-state index contributed by atoms with van der Waals surface area (Å²) in [4.78, 5) is 28.4. The van der Waals surface area contributed by atoms with Gasteiger partial charge < -0.3 is 4.90 Å². The summed E-state index contributed by atoms with van der Waals surface area (Å²) in [6.45, 7) is 8.48. The van der Waals surface area contributed by atoms with Crippen LogP contribution in [0.1, 0.15) is 71.3 Å². The standard InChI is InChI=1S/C22H34N2O2/c1-4-7-9-15-23(16-10-8-5-2)20-17-21(25)24(22(20)26)19-13-11-18(6-3)12-14-19/h11-14,20H,4-10,15-17H2,1-3H3/p+1/t20-/m0/s1. The Morgan fingerprint density at radius 2 is 1.50 bits per heavy atom. The van der Waals surface area contributed by atoms with Crippen LogP contribution < -0.4 is 9.80 Å². The summed E-state index contributed by atoms with van der Waals surface area (Å²) < 4.78 is 0. The van der Waals surface area contributed by atoms with E-state index in [2.05, 4.69) is 20.8 Å². The zero-order valence-corrected chi connectivity index (χ0v) is 16.7. The van der Waals surface area contributed by atoms with Gasteiger partial charge in [-0.3, -0.25) is 9.59 Å². The second-order valence-corrected chi connectivity index (χ2v) is 7.42. The monoisotopic (exact) mass is 359 g/mol. The SMILES string of the molecule is CCCCC[NH+](CCCCC)[C@H]1CC(=O)N(c2ccc(CC)cc2)C1=O. The molecule has 4 heteroatoms. The number of hydrogen-bond donors (Lipinski definition) is 1. The van der Waals surface area contributed by atoms with E-state index < -0.39 is 0 Å². The van der Waals surface area contributed by atoms with Crippen molar-refractivity contribution in [1.82, 2.24) is 0 Å². The van der Waals surface area contributed by atoms with Crippen molar-refractivity contribution < 1.29 is 14.5 Å². The Balaban J connectivity index is 2.10. The first-order valence-electron chi connectivity index (χ1n) is 10.4. The molecule has 1 aliphatic heterocycles. The molecule has 26 heavy (non-hydrogen) atoms. The Labute approximate surface area is 158 Å². The molecule has 0 radical (unpaired) electrons. The minimum absolute atomic E-state index is 0.0118. The molecule has 1 aromatic rings. The third kappa shape index (κ3) is 5.16. The van der Waals surface area contributed by atoms with Crippen LogP contribution in [-0.2, 0) is 16.0 Å². The molecule has 0 spiro atoms. The molecule has 144 valence electrons. The Bertz CT molecular complexity index is 572. The highest BCUT2D eigenvalue weighted by molar-refractivity contribution is 6.21. The van der Waals surface area contributed by atoms with Gasteiger partial charge in [-0.1, -0.05) is 45.7 Å². The maximum absolute atomic E-state index is 13.1. The van der Waals surface area contributed by atoms with Crippen molar-refractivity contribution >= 4 is 17.5 Å².